The Balaban J connectivity index is 1.77. The molecule has 2 aromatic rings. The lowest BCUT2D eigenvalue weighted by Crippen LogP contribution is -2.08. The fourth-order valence-corrected chi connectivity index (χ4v) is 3.66. The number of carboxylic acids is 1. The summed E-state index contributed by atoms with van der Waals surface area (Å²) in [6.07, 6.45) is 2.40. The number of hydrogen-bond acceptors (Lipinski definition) is 2. The number of aliphatic carboxylic acids is 1. The molecule has 0 aliphatic heterocycles. The van der Waals surface area contributed by atoms with Gasteiger partial charge in [0.1, 0.15) is 6.61 Å². The average molecular weight is 368 g/mol. The summed E-state index contributed by atoms with van der Waals surface area (Å²) in [5.41, 5.74) is 5.30. The van der Waals surface area contributed by atoms with Crippen molar-refractivity contribution in [2.75, 3.05) is 6.61 Å². The number of aryl methyl sites for hydroxylation is 2. The van der Waals surface area contributed by atoms with Crippen LogP contribution in [0.1, 0.15) is 42.9 Å². The van der Waals surface area contributed by atoms with E-state index in [4.69, 9.17) is 9.84 Å². The van der Waals surface area contributed by atoms with Gasteiger partial charge in [-0.05, 0) is 72.1 Å². The second-order valence-electron chi connectivity index (χ2n) is 7.20. The number of halogens is 1. The van der Waals surface area contributed by atoms with Gasteiger partial charge in [-0.3, -0.25) is 4.79 Å². The predicted molar refractivity (Wildman–Crippen MR) is 104 cm³/mol. The molecule has 1 aliphatic carbocycles. The summed E-state index contributed by atoms with van der Waals surface area (Å²) in [5.74, 6) is -0.677. The van der Waals surface area contributed by atoms with Crippen molar-refractivity contribution in [1.29, 1.82) is 0 Å². The molecular formula is C23H25FO3. The molecule has 0 fully saturated rings. The Morgan fingerprint density at radius 3 is 2.70 bits per heavy atom. The van der Waals surface area contributed by atoms with Crippen molar-refractivity contribution in [2.45, 2.75) is 39.5 Å². The maximum absolute atomic E-state index is 14.5. The fraction of sp³-hybridized carbons (Fsp3) is 0.348. The first-order chi connectivity index (χ1) is 13.0. The molecule has 2 aromatic carbocycles. The summed E-state index contributed by atoms with van der Waals surface area (Å²) in [4.78, 5) is 10.7. The zero-order chi connectivity index (χ0) is 19.4. The van der Waals surface area contributed by atoms with Crippen molar-refractivity contribution in [3.63, 3.8) is 0 Å². The molecular weight excluding hydrogens is 343 g/mol. The Morgan fingerprint density at radius 2 is 2.00 bits per heavy atom. The first-order valence-electron chi connectivity index (χ1n) is 9.36. The monoisotopic (exact) mass is 368 g/mol. The number of carbonyl (C=O) groups is 1. The minimum absolute atomic E-state index is 0.00861. The van der Waals surface area contributed by atoms with E-state index >= 15 is 0 Å². The van der Waals surface area contributed by atoms with Gasteiger partial charge in [-0.15, -0.1) is 0 Å². The number of allylic oxidation sites excluding steroid dienone is 1. The Hall–Kier alpha value is -2.62. The maximum atomic E-state index is 14.5. The van der Waals surface area contributed by atoms with Gasteiger partial charge in [-0.1, -0.05) is 37.3 Å². The third-order valence-electron chi connectivity index (χ3n) is 5.31. The zero-order valence-electron chi connectivity index (χ0n) is 15.8. The Kier molecular flexibility index (Phi) is 5.94. The third kappa shape index (κ3) is 4.57. The highest BCUT2D eigenvalue weighted by Gasteiger charge is 2.23. The van der Waals surface area contributed by atoms with Crippen LogP contribution in [0, 0.1) is 18.7 Å². The van der Waals surface area contributed by atoms with Crippen molar-refractivity contribution in [1.82, 2.24) is 0 Å². The van der Waals surface area contributed by atoms with E-state index in [0.717, 1.165) is 18.4 Å². The van der Waals surface area contributed by atoms with Gasteiger partial charge >= 0.3 is 5.97 Å². The largest absolute Gasteiger partial charge is 0.486 e. The molecule has 142 valence electrons. The second kappa shape index (κ2) is 8.38. The van der Waals surface area contributed by atoms with Gasteiger partial charge in [0.05, 0.1) is 0 Å². The molecule has 3 rings (SSSR count). The van der Waals surface area contributed by atoms with Crippen LogP contribution >= 0.6 is 0 Å². The molecule has 3 nitrogen and oxygen atoms in total. The van der Waals surface area contributed by atoms with Crippen LogP contribution in [-0.2, 0) is 11.2 Å². The molecule has 0 saturated heterocycles. The van der Waals surface area contributed by atoms with E-state index in [9.17, 15) is 9.18 Å². The maximum Gasteiger partial charge on any atom is 0.303 e. The summed E-state index contributed by atoms with van der Waals surface area (Å²) in [6, 6.07) is 13.4. The smallest absolute Gasteiger partial charge is 0.303 e. The SMILES string of the molecule is Cc1cc(OCC2=C(c3ccccc3)CCC2C)c(F)cc1CCC(=O)O. The number of hydrogen-bond donors (Lipinski definition) is 1. The molecule has 1 aliphatic rings. The standard InChI is InChI=1S/C23H25FO3/c1-15-8-10-19(17-6-4-3-5-7-17)20(15)14-27-22-12-16(2)18(13-21(22)24)9-11-23(25)26/h3-7,12-13,15H,8-11,14H2,1-2H3,(H,25,26). The highest BCUT2D eigenvalue weighted by molar-refractivity contribution is 5.71. The predicted octanol–water partition coefficient (Wildman–Crippen LogP) is 5.41. The zero-order valence-corrected chi connectivity index (χ0v) is 15.8. The molecule has 0 amide bonds. The number of carboxylic acid groups (broad SMARTS) is 1. The molecule has 1 atom stereocenters. The lowest BCUT2D eigenvalue weighted by molar-refractivity contribution is -0.136. The summed E-state index contributed by atoms with van der Waals surface area (Å²) in [6.45, 7) is 4.41. The van der Waals surface area contributed by atoms with E-state index in [1.165, 1.54) is 22.8 Å². The van der Waals surface area contributed by atoms with Crippen LogP contribution in [0.25, 0.3) is 5.57 Å². The second-order valence-corrected chi connectivity index (χ2v) is 7.20. The first kappa shape index (κ1) is 19.2. The van der Waals surface area contributed by atoms with Crippen LogP contribution in [0.2, 0.25) is 0 Å². The third-order valence-corrected chi connectivity index (χ3v) is 5.31. The minimum Gasteiger partial charge on any atom is -0.486 e. The Bertz CT molecular complexity index is 855. The van der Waals surface area contributed by atoms with E-state index in [0.29, 0.717) is 24.5 Å². The van der Waals surface area contributed by atoms with E-state index in [1.54, 1.807) is 6.07 Å². The van der Waals surface area contributed by atoms with Crippen LogP contribution in [0.15, 0.2) is 48.0 Å². The number of benzene rings is 2. The Labute approximate surface area is 159 Å². The van der Waals surface area contributed by atoms with Crippen molar-refractivity contribution < 1.29 is 19.0 Å². The highest BCUT2D eigenvalue weighted by Crippen LogP contribution is 2.38. The Morgan fingerprint density at radius 1 is 1.26 bits per heavy atom. The van der Waals surface area contributed by atoms with E-state index in [1.807, 2.05) is 25.1 Å². The van der Waals surface area contributed by atoms with E-state index in [2.05, 4.69) is 19.1 Å². The molecule has 1 N–H and O–H groups in total. The summed E-state index contributed by atoms with van der Waals surface area (Å²) in [7, 11) is 0. The molecule has 0 heterocycles. The average Bonchev–Trinajstić information content (AvgIpc) is 3.02. The van der Waals surface area contributed by atoms with Crippen LogP contribution in [0.3, 0.4) is 0 Å². The molecule has 0 spiro atoms. The quantitative estimate of drug-likeness (QED) is 0.710. The van der Waals surface area contributed by atoms with Gasteiger partial charge in [0, 0.05) is 6.42 Å². The fourth-order valence-electron chi connectivity index (χ4n) is 3.66. The summed E-state index contributed by atoms with van der Waals surface area (Å²) in [5, 5.41) is 8.82. The summed E-state index contributed by atoms with van der Waals surface area (Å²) >= 11 is 0. The topological polar surface area (TPSA) is 46.5 Å². The molecule has 0 saturated carbocycles. The van der Waals surface area contributed by atoms with Crippen molar-refractivity contribution in [3.8, 4) is 5.75 Å². The lowest BCUT2D eigenvalue weighted by atomic mass is 10.00. The highest BCUT2D eigenvalue weighted by atomic mass is 19.1. The van der Waals surface area contributed by atoms with Crippen molar-refractivity contribution in [3.05, 3.63) is 70.5 Å². The van der Waals surface area contributed by atoms with Gasteiger partial charge in [0.2, 0.25) is 0 Å². The van der Waals surface area contributed by atoms with E-state index in [-0.39, 0.29) is 12.2 Å². The van der Waals surface area contributed by atoms with Gasteiger partial charge in [0.15, 0.2) is 11.6 Å². The number of rotatable bonds is 7. The minimum atomic E-state index is -0.884. The molecule has 4 heteroatoms. The number of ether oxygens (including phenoxy) is 1. The van der Waals surface area contributed by atoms with Gasteiger partial charge in [-0.2, -0.15) is 0 Å². The van der Waals surface area contributed by atoms with Crippen LogP contribution in [-0.4, -0.2) is 17.7 Å². The molecule has 1 unspecified atom stereocenters. The van der Waals surface area contributed by atoms with Crippen molar-refractivity contribution >= 4 is 11.5 Å². The normalized spacial score (nSPS) is 16.6. The molecule has 0 aromatic heterocycles. The molecule has 0 radical (unpaired) electrons. The van der Waals surface area contributed by atoms with E-state index < -0.39 is 11.8 Å². The van der Waals surface area contributed by atoms with Crippen LogP contribution < -0.4 is 4.74 Å². The van der Waals surface area contributed by atoms with Gasteiger partial charge in [-0.25, -0.2) is 4.39 Å². The van der Waals surface area contributed by atoms with Crippen LogP contribution in [0.5, 0.6) is 5.75 Å². The molecule has 27 heavy (non-hydrogen) atoms. The summed E-state index contributed by atoms with van der Waals surface area (Å²) < 4.78 is 20.3. The first-order valence-corrected chi connectivity index (χ1v) is 9.36. The van der Waals surface area contributed by atoms with Crippen LogP contribution in [0.4, 0.5) is 4.39 Å². The molecule has 0 bridgehead atoms. The van der Waals surface area contributed by atoms with Gasteiger partial charge in [0.25, 0.3) is 0 Å². The van der Waals surface area contributed by atoms with Crippen molar-refractivity contribution in [2.24, 2.45) is 5.92 Å². The lowest BCUT2D eigenvalue weighted by Gasteiger charge is -2.15. The van der Waals surface area contributed by atoms with Gasteiger partial charge < -0.3 is 9.84 Å².